The van der Waals surface area contributed by atoms with Gasteiger partial charge in [-0.05, 0) is 30.7 Å². The zero-order chi connectivity index (χ0) is 18.6. The van der Waals surface area contributed by atoms with Crippen LogP contribution >= 0.6 is 0 Å². The average molecular weight is 361 g/mol. The van der Waals surface area contributed by atoms with Crippen LogP contribution < -0.4 is 0 Å². The summed E-state index contributed by atoms with van der Waals surface area (Å²) < 4.78 is 4.07. The number of amides is 1. The highest BCUT2D eigenvalue weighted by molar-refractivity contribution is 5.76. The number of hydrogen-bond acceptors (Lipinski definition) is 3. The Morgan fingerprint density at radius 3 is 2.00 bits per heavy atom. The minimum Gasteiger partial charge on any atom is -0.331 e. The molecule has 0 unspecified atom stereocenters. The van der Waals surface area contributed by atoms with Crippen LogP contribution in [-0.2, 0) is 17.9 Å². The van der Waals surface area contributed by atoms with Crippen LogP contribution in [0.3, 0.4) is 0 Å². The molecule has 4 rings (SSSR count). The van der Waals surface area contributed by atoms with Gasteiger partial charge in [0.1, 0.15) is 11.3 Å². The van der Waals surface area contributed by atoms with Crippen LogP contribution in [0.15, 0.2) is 61.2 Å². The van der Waals surface area contributed by atoms with Crippen LogP contribution in [0.2, 0.25) is 0 Å². The Hall–Kier alpha value is -3.15. The Morgan fingerprint density at radius 1 is 0.926 bits per heavy atom. The molecule has 0 radical (unpaired) electrons. The Kier molecular flexibility index (Phi) is 4.87. The van der Waals surface area contributed by atoms with Crippen LogP contribution in [0, 0.1) is 0 Å². The molecular formula is C21H23N5O. The lowest BCUT2D eigenvalue weighted by Crippen LogP contribution is -2.30. The second-order valence-corrected chi connectivity index (χ2v) is 6.71. The summed E-state index contributed by atoms with van der Waals surface area (Å²) in [6, 6.07) is 11.8. The predicted molar refractivity (Wildman–Crippen MR) is 104 cm³/mol. The summed E-state index contributed by atoms with van der Waals surface area (Å²) in [5.74, 6) is 0.161. The lowest BCUT2D eigenvalue weighted by molar-refractivity contribution is -0.132. The van der Waals surface area contributed by atoms with E-state index >= 15 is 0 Å². The van der Waals surface area contributed by atoms with Gasteiger partial charge in [-0.25, -0.2) is 9.97 Å². The summed E-state index contributed by atoms with van der Waals surface area (Å²) in [5, 5.41) is 0. The fourth-order valence-electron chi connectivity index (χ4n) is 3.31. The summed E-state index contributed by atoms with van der Waals surface area (Å²) in [4.78, 5) is 23.7. The smallest absolute Gasteiger partial charge is 0.223 e. The molecule has 0 bridgehead atoms. The third-order valence-electron chi connectivity index (χ3n) is 4.79. The second kappa shape index (κ2) is 7.61. The first-order chi connectivity index (χ1) is 13.3. The monoisotopic (exact) mass is 361 g/mol. The van der Waals surface area contributed by atoms with E-state index < -0.39 is 0 Å². The lowest BCUT2D eigenvalue weighted by atomic mass is 10.2. The molecule has 0 aliphatic heterocycles. The van der Waals surface area contributed by atoms with Crippen molar-refractivity contribution in [2.24, 2.45) is 0 Å². The van der Waals surface area contributed by atoms with Crippen molar-refractivity contribution in [3.05, 3.63) is 72.6 Å². The van der Waals surface area contributed by atoms with Crippen LogP contribution in [0.5, 0.6) is 0 Å². The number of hydrogen-bond donors (Lipinski definition) is 0. The van der Waals surface area contributed by atoms with Crippen molar-refractivity contribution >= 4 is 17.2 Å². The molecule has 6 nitrogen and oxygen atoms in total. The molecule has 4 aromatic heterocycles. The molecule has 1 amide bonds. The number of rotatable bonds is 7. The summed E-state index contributed by atoms with van der Waals surface area (Å²) >= 11 is 0. The SMILES string of the molecule is CCCCC(=O)N(Cc1cnc2ccccn12)Cc1cnc2ccccn12. The van der Waals surface area contributed by atoms with E-state index in [1.807, 2.05) is 74.9 Å². The van der Waals surface area contributed by atoms with Crippen LogP contribution in [0.1, 0.15) is 37.6 Å². The first-order valence-electron chi connectivity index (χ1n) is 9.36. The third kappa shape index (κ3) is 3.56. The van der Waals surface area contributed by atoms with Crippen molar-refractivity contribution in [2.45, 2.75) is 39.3 Å². The minimum atomic E-state index is 0.161. The van der Waals surface area contributed by atoms with Crippen molar-refractivity contribution in [3.63, 3.8) is 0 Å². The molecule has 0 spiro atoms. The van der Waals surface area contributed by atoms with Gasteiger partial charge >= 0.3 is 0 Å². The minimum absolute atomic E-state index is 0.161. The molecule has 0 saturated heterocycles. The van der Waals surface area contributed by atoms with Crippen molar-refractivity contribution < 1.29 is 4.79 Å². The molecule has 0 atom stereocenters. The molecule has 0 aromatic carbocycles. The van der Waals surface area contributed by atoms with E-state index in [2.05, 4.69) is 16.9 Å². The first kappa shape index (κ1) is 17.3. The molecule has 4 heterocycles. The highest BCUT2D eigenvalue weighted by Gasteiger charge is 2.18. The molecule has 0 N–H and O–H groups in total. The van der Waals surface area contributed by atoms with Gasteiger partial charge in [-0.2, -0.15) is 0 Å². The Labute approximate surface area is 158 Å². The zero-order valence-electron chi connectivity index (χ0n) is 15.5. The zero-order valence-corrected chi connectivity index (χ0v) is 15.5. The molecule has 6 heteroatoms. The number of fused-ring (bicyclic) bond motifs is 2. The van der Waals surface area contributed by atoms with E-state index in [-0.39, 0.29) is 5.91 Å². The lowest BCUT2D eigenvalue weighted by Gasteiger charge is -2.22. The predicted octanol–water partition coefficient (Wildman–Crippen LogP) is 3.70. The Bertz CT molecular complexity index is 989. The molecule has 0 saturated carbocycles. The van der Waals surface area contributed by atoms with Gasteiger partial charge < -0.3 is 13.7 Å². The van der Waals surface area contributed by atoms with Crippen molar-refractivity contribution in [2.75, 3.05) is 0 Å². The topological polar surface area (TPSA) is 54.9 Å². The highest BCUT2D eigenvalue weighted by Crippen LogP contribution is 2.15. The van der Waals surface area contributed by atoms with Gasteiger partial charge in [-0.3, -0.25) is 4.79 Å². The van der Waals surface area contributed by atoms with Crippen molar-refractivity contribution in [1.29, 1.82) is 0 Å². The fourth-order valence-corrected chi connectivity index (χ4v) is 3.31. The van der Waals surface area contributed by atoms with Gasteiger partial charge in [0.2, 0.25) is 5.91 Å². The van der Waals surface area contributed by atoms with E-state index in [9.17, 15) is 4.79 Å². The molecule has 0 fully saturated rings. The number of unbranched alkanes of at least 4 members (excludes halogenated alkanes) is 1. The van der Waals surface area contributed by atoms with E-state index in [0.29, 0.717) is 19.5 Å². The number of nitrogens with zero attached hydrogens (tertiary/aromatic N) is 5. The Morgan fingerprint density at radius 2 is 1.48 bits per heavy atom. The number of pyridine rings is 2. The van der Waals surface area contributed by atoms with Gasteiger partial charge in [0, 0.05) is 18.8 Å². The second-order valence-electron chi connectivity index (χ2n) is 6.71. The summed E-state index contributed by atoms with van der Waals surface area (Å²) in [6.45, 7) is 3.15. The van der Waals surface area contributed by atoms with E-state index in [1.54, 1.807) is 0 Å². The first-order valence-corrected chi connectivity index (χ1v) is 9.36. The molecule has 0 aliphatic carbocycles. The fraction of sp³-hybridized carbons (Fsp3) is 0.286. The summed E-state index contributed by atoms with van der Waals surface area (Å²) in [6.07, 6.45) is 10.1. The quantitative estimate of drug-likeness (QED) is 0.504. The van der Waals surface area contributed by atoms with E-state index in [0.717, 1.165) is 35.5 Å². The maximum Gasteiger partial charge on any atom is 0.223 e. The summed E-state index contributed by atoms with van der Waals surface area (Å²) in [5.41, 5.74) is 3.79. The van der Waals surface area contributed by atoms with Crippen LogP contribution in [0.25, 0.3) is 11.3 Å². The van der Waals surface area contributed by atoms with Gasteiger partial charge in [0.15, 0.2) is 0 Å². The largest absolute Gasteiger partial charge is 0.331 e. The molecule has 138 valence electrons. The third-order valence-corrected chi connectivity index (χ3v) is 4.79. The summed E-state index contributed by atoms with van der Waals surface area (Å²) in [7, 11) is 0. The van der Waals surface area contributed by atoms with Gasteiger partial charge in [-0.15, -0.1) is 0 Å². The standard InChI is InChI=1S/C21H23N5O/c1-2-3-10-21(27)24(15-17-13-22-19-8-4-6-11-25(17)19)16-18-14-23-20-9-5-7-12-26(18)20/h4-9,11-14H,2-3,10,15-16H2,1H3. The maximum atomic E-state index is 12.9. The molecule has 27 heavy (non-hydrogen) atoms. The Balaban J connectivity index is 1.63. The van der Waals surface area contributed by atoms with E-state index in [4.69, 9.17) is 0 Å². The maximum absolute atomic E-state index is 12.9. The number of aromatic nitrogens is 4. The normalized spacial score (nSPS) is 11.3. The molecular weight excluding hydrogens is 338 g/mol. The number of imidazole rings is 2. The number of carbonyl (C=O) groups excluding carboxylic acids is 1. The van der Waals surface area contributed by atoms with E-state index in [1.165, 1.54) is 0 Å². The number of carbonyl (C=O) groups is 1. The van der Waals surface area contributed by atoms with Gasteiger partial charge in [-0.1, -0.05) is 25.5 Å². The molecule has 4 aromatic rings. The van der Waals surface area contributed by atoms with Crippen LogP contribution in [0.4, 0.5) is 0 Å². The highest BCUT2D eigenvalue weighted by atomic mass is 16.2. The van der Waals surface area contributed by atoms with Crippen molar-refractivity contribution in [3.8, 4) is 0 Å². The van der Waals surface area contributed by atoms with Crippen LogP contribution in [-0.4, -0.2) is 29.6 Å². The van der Waals surface area contributed by atoms with Gasteiger partial charge in [0.05, 0.1) is 36.9 Å². The van der Waals surface area contributed by atoms with Gasteiger partial charge in [0.25, 0.3) is 0 Å². The van der Waals surface area contributed by atoms with Crippen molar-refractivity contribution in [1.82, 2.24) is 23.7 Å². The average Bonchev–Trinajstić information content (AvgIpc) is 3.30. The molecule has 0 aliphatic rings.